The minimum atomic E-state index is -1.09. The van der Waals surface area contributed by atoms with Crippen molar-refractivity contribution in [3.8, 4) is 22.6 Å². The number of aromatic carboxylic acids is 1. The summed E-state index contributed by atoms with van der Waals surface area (Å²) in [5.41, 5.74) is 1.44. The molecule has 0 aromatic heterocycles. The van der Waals surface area contributed by atoms with Gasteiger partial charge in [0.2, 0.25) is 0 Å². The molecule has 2 aromatic carbocycles. The Morgan fingerprint density at radius 3 is 2.42 bits per heavy atom. The summed E-state index contributed by atoms with van der Waals surface area (Å²) in [6, 6.07) is 9.51. The topological polar surface area (TPSA) is 66.8 Å². The molecule has 0 amide bonds. The molecule has 0 aliphatic heterocycles. The van der Waals surface area contributed by atoms with E-state index in [1.165, 1.54) is 25.3 Å². The smallest absolute Gasteiger partial charge is 0.337 e. The van der Waals surface area contributed by atoms with Gasteiger partial charge in [0.25, 0.3) is 0 Å². The molecule has 5 heteroatoms. The lowest BCUT2D eigenvalue weighted by Crippen LogP contribution is -1.97. The van der Waals surface area contributed by atoms with E-state index in [2.05, 4.69) is 0 Å². The average Bonchev–Trinajstić information content (AvgIpc) is 2.39. The number of hydrogen-bond donors (Lipinski definition) is 2. The van der Waals surface area contributed by atoms with Crippen LogP contribution in [0.2, 0.25) is 5.02 Å². The molecule has 2 rings (SSSR count). The lowest BCUT2D eigenvalue weighted by Gasteiger charge is -2.08. The third kappa shape index (κ3) is 2.63. The number of phenols is 1. The number of hydrogen-bond acceptors (Lipinski definition) is 3. The molecule has 4 nitrogen and oxygen atoms in total. The quantitative estimate of drug-likeness (QED) is 0.903. The molecule has 0 aliphatic carbocycles. The van der Waals surface area contributed by atoms with Crippen LogP contribution in [0, 0.1) is 0 Å². The van der Waals surface area contributed by atoms with Crippen LogP contribution < -0.4 is 4.74 Å². The summed E-state index contributed by atoms with van der Waals surface area (Å²) < 4.78 is 5.02. The Morgan fingerprint density at radius 2 is 1.79 bits per heavy atom. The second kappa shape index (κ2) is 5.20. The van der Waals surface area contributed by atoms with Crippen LogP contribution >= 0.6 is 11.6 Å². The highest BCUT2D eigenvalue weighted by Gasteiger charge is 2.11. The highest BCUT2D eigenvalue weighted by molar-refractivity contribution is 6.33. The number of methoxy groups -OCH3 is 1. The third-order valence-electron chi connectivity index (χ3n) is 2.71. The first-order valence-electron chi connectivity index (χ1n) is 5.43. The first-order valence-corrected chi connectivity index (χ1v) is 5.81. The zero-order valence-corrected chi connectivity index (χ0v) is 10.8. The average molecular weight is 279 g/mol. The molecule has 0 saturated heterocycles. The van der Waals surface area contributed by atoms with Gasteiger partial charge >= 0.3 is 5.97 Å². The van der Waals surface area contributed by atoms with E-state index in [1.54, 1.807) is 18.2 Å². The largest absolute Gasteiger partial charge is 0.504 e. The van der Waals surface area contributed by atoms with Gasteiger partial charge in [-0.25, -0.2) is 4.79 Å². The predicted octanol–water partition coefficient (Wildman–Crippen LogP) is 3.42. The zero-order valence-electron chi connectivity index (χ0n) is 10.1. The number of halogens is 1. The molecule has 0 saturated carbocycles. The number of carboxylic acid groups (broad SMARTS) is 1. The fraction of sp³-hybridized carbons (Fsp3) is 0.0714. The van der Waals surface area contributed by atoms with Crippen LogP contribution in [-0.4, -0.2) is 23.3 Å². The van der Waals surface area contributed by atoms with Crippen molar-refractivity contribution in [3.63, 3.8) is 0 Å². The molecule has 0 atom stereocenters. The monoisotopic (exact) mass is 278 g/mol. The van der Waals surface area contributed by atoms with Crippen LogP contribution in [0.5, 0.6) is 11.5 Å². The lowest BCUT2D eigenvalue weighted by atomic mass is 10.0. The molecule has 98 valence electrons. The lowest BCUT2D eigenvalue weighted by molar-refractivity contribution is 0.0697. The van der Waals surface area contributed by atoms with Crippen molar-refractivity contribution in [2.45, 2.75) is 0 Å². The van der Waals surface area contributed by atoms with E-state index in [1.807, 2.05) is 0 Å². The molecule has 0 unspecified atom stereocenters. The van der Waals surface area contributed by atoms with E-state index in [0.29, 0.717) is 11.3 Å². The van der Waals surface area contributed by atoms with Gasteiger partial charge in [0.1, 0.15) is 0 Å². The van der Waals surface area contributed by atoms with E-state index in [0.717, 1.165) is 5.56 Å². The fourth-order valence-corrected chi connectivity index (χ4v) is 1.92. The molecule has 19 heavy (non-hydrogen) atoms. The maximum Gasteiger partial charge on any atom is 0.337 e. The van der Waals surface area contributed by atoms with Gasteiger partial charge in [-0.3, -0.25) is 0 Å². The molecule has 0 spiro atoms. The Balaban J connectivity index is 2.53. The van der Waals surface area contributed by atoms with Crippen LogP contribution in [0.25, 0.3) is 11.1 Å². The predicted molar refractivity (Wildman–Crippen MR) is 72.1 cm³/mol. The third-order valence-corrected chi connectivity index (χ3v) is 3.04. The van der Waals surface area contributed by atoms with Gasteiger partial charge in [0, 0.05) is 0 Å². The maximum absolute atomic E-state index is 11.0. The van der Waals surface area contributed by atoms with Gasteiger partial charge in [-0.2, -0.15) is 0 Å². The Bertz CT molecular complexity index is 637. The van der Waals surface area contributed by atoms with E-state index >= 15 is 0 Å². The van der Waals surface area contributed by atoms with Crippen LogP contribution in [0.15, 0.2) is 36.4 Å². The van der Waals surface area contributed by atoms with Crippen LogP contribution in [-0.2, 0) is 0 Å². The van der Waals surface area contributed by atoms with Gasteiger partial charge in [0.15, 0.2) is 11.5 Å². The maximum atomic E-state index is 11.0. The highest BCUT2D eigenvalue weighted by atomic mass is 35.5. The van der Waals surface area contributed by atoms with Crippen molar-refractivity contribution in [2.24, 2.45) is 0 Å². The number of phenolic OH excluding ortho intramolecular Hbond substituents is 1. The molecule has 0 aliphatic rings. The van der Waals surface area contributed by atoms with E-state index in [9.17, 15) is 9.90 Å². The normalized spacial score (nSPS) is 10.2. The first kappa shape index (κ1) is 13.2. The van der Waals surface area contributed by atoms with Crippen molar-refractivity contribution in [2.75, 3.05) is 7.11 Å². The van der Waals surface area contributed by atoms with Gasteiger partial charge in [-0.1, -0.05) is 23.7 Å². The van der Waals surface area contributed by atoms with E-state index in [4.69, 9.17) is 21.4 Å². The summed E-state index contributed by atoms with van der Waals surface area (Å²) in [5, 5.41) is 18.7. The summed E-state index contributed by atoms with van der Waals surface area (Å²) in [6.07, 6.45) is 0. The zero-order chi connectivity index (χ0) is 14.0. The second-order valence-electron chi connectivity index (χ2n) is 3.89. The van der Waals surface area contributed by atoms with E-state index < -0.39 is 5.97 Å². The van der Waals surface area contributed by atoms with Crippen molar-refractivity contribution in [1.29, 1.82) is 0 Å². The summed E-state index contributed by atoms with van der Waals surface area (Å²) in [7, 11) is 1.45. The van der Waals surface area contributed by atoms with Crippen molar-refractivity contribution in [1.82, 2.24) is 0 Å². The fourth-order valence-electron chi connectivity index (χ4n) is 1.73. The summed E-state index contributed by atoms with van der Waals surface area (Å²) in [4.78, 5) is 11.0. The number of aromatic hydroxyl groups is 1. The molecule has 0 fully saturated rings. The molecular formula is C14H11ClO4. The molecule has 0 heterocycles. The number of benzene rings is 2. The Labute approximate surface area is 114 Å². The summed E-state index contributed by atoms with van der Waals surface area (Å²) in [6.45, 7) is 0. The first-order chi connectivity index (χ1) is 9.02. The highest BCUT2D eigenvalue weighted by Crippen LogP contribution is 2.32. The van der Waals surface area contributed by atoms with E-state index in [-0.39, 0.29) is 16.3 Å². The summed E-state index contributed by atoms with van der Waals surface area (Å²) in [5.74, 6) is -0.736. The standard InChI is InChI=1S/C14H11ClO4/c1-19-13-7-9(3-5-12(13)16)8-2-4-11(15)10(6-8)14(17)18/h2-7,16H,1H3,(H,17,18). The van der Waals surface area contributed by atoms with Gasteiger partial charge in [-0.15, -0.1) is 0 Å². The van der Waals surface area contributed by atoms with Gasteiger partial charge in [-0.05, 0) is 35.4 Å². The summed E-state index contributed by atoms with van der Waals surface area (Å²) >= 11 is 5.82. The Morgan fingerprint density at radius 1 is 1.16 bits per heavy atom. The second-order valence-corrected chi connectivity index (χ2v) is 4.29. The minimum absolute atomic E-state index is 0.0265. The number of ether oxygens (including phenoxy) is 1. The number of rotatable bonds is 3. The number of carboxylic acids is 1. The van der Waals surface area contributed by atoms with Crippen LogP contribution in [0.4, 0.5) is 0 Å². The molecular weight excluding hydrogens is 268 g/mol. The van der Waals surface area contributed by atoms with Crippen molar-refractivity contribution >= 4 is 17.6 Å². The Kier molecular flexibility index (Phi) is 3.62. The van der Waals surface area contributed by atoms with Crippen molar-refractivity contribution in [3.05, 3.63) is 47.0 Å². The number of carbonyl (C=O) groups is 1. The minimum Gasteiger partial charge on any atom is -0.504 e. The molecule has 2 aromatic rings. The molecule has 0 bridgehead atoms. The van der Waals surface area contributed by atoms with Gasteiger partial charge < -0.3 is 14.9 Å². The SMILES string of the molecule is COc1cc(-c2ccc(Cl)c(C(=O)O)c2)ccc1O. The van der Waals surface area contributed by atoms with Crippen LogP contribution in [0.1, 0.15) is 10.4 Å². The van der Waals surface area contributed by atoms with Crippen molar-refractivity contribution < 1.29 is 19.7 Å². The van der Waals surface area contributed by atoms with Gasteiger partial charge in [0.05, 0.1) is 17.7 Å². The molecule has 0 radical (unpaired) electrons. The van der Waals surface area contributed by atoms with Crippen LogP contribution in [0.3, 0.4) is 0 Å². The molecule has 2 N–H and O–H groups in total. The Hall–Kier alpha value is -2.20.